The zero-order chi connectivity index (χ0) is 18.8. The summed E-state index contributed by atoms with van der Waals surface area (Å²) < 4.78 is 3.13. The van der Waals surface area contributed by atoms with Gasteiger partial charge in [0.05, 0.1) is 9.06 Å². The molecule has 132 valence electrons. The van der Waals surface area contributed by atoms with Crippen LogP contribution in [0.25, 0.3) is 41.7 Å². The fourth-order valence-corrected chi connectivity index (χ4v) is 6.44. The molecular weight excluding hydrogens is 384 g/mol. The van der Waals surface area contributed by atoms with Crippen molar-refractivity contribution in [3.63, 3.8) is 0 Å². The smallest absolute Gasteiger partial charge is 0.205 e. The van der Waals surface area contributed by atoms with Gasteiger partial charge in [0.25, 0.3) is 0 Å². The normalized spacial score (nSPS) is 13.1. The third-order valence-electron chi connectivity index (χ3n) is 5.26. The maximum atomic E-state index is 13.4. The monoisotopic (exact) mass is 396 g/mol. The molecule has 0 spiro atoms. The van der Waals surface area contributed by atoms with Crippen molar-refractivity contribution in [3.8, 4) is 0 Å². The first kappa shape index (κ1) is 15.9. The molecule has 0 aliphatic rings. The van der Waals surface area contributed by atoms with Crippen molar-refractivity contribution in [2.45, 2.75) is 0 Å². The third-order valence-corrected chi connectivity index (χ3v) is 7.70. The maximum Gasteiger partial charge on any atom is 0.205 e. The Labute approximate surface area is 166 Å². The predicted octanol–water partition coefficient (Wildman–Crippen LogP) is 5.87. The van der Waals surface area contributed by atoms with Gasteiger partial charge in [0.1, 0.15) is 0 Å². The van der Waals surface area contributed by atoms with E-state index in [1.807, 2.05) is 72.8 Å². The summed E-state index contributed by atoms with van der Waals surface area (Å²) in [5, 5.41) is 5.44. The third kappa shape index (κ3) is 2.07. The Morgan fingerprint density at radius 3 is 1.32 bits per heavy atom. The SMILES string of the molecule is O=c1/c(=c2/sc3cccc4cccc(c2=O)c43)sc2cccc3cccc1c32. The van der Waals surface area contributed by atoms with E-state index in [0.717, 1.165) is 30.9 Å². The zero-order valence-corrected chi connectivity index (χ0v) is 16.2. The summed E-state index contributed by atoms with van der Waals surface area (Å²) in [7, 11) is 0. The average molecular weight is 396 g/mol. The average Bonchev–Trinajstić information content (AvgIpc) is 2.73. The first-order chi connectivity index (χ1) is 13.7. The van der Waals surface area contributed by atoms with Gasteiger partial charge in [-0.15, -0.1) is 22.7 Å². The molecule has 0 bridgehead atoms. The Morgan fingerprint density at radius 1 is 0.500 bits per heavy atom. The molecule has 6 aromatic rings. The summed E-state index contributed by atoms with van der Waals surface area (Å²) in [4.78, 5) is 26.7. The lowest BCUT2D eigenvalue weighted by Gasteiger charge is -2.05. The van der Waals surface area contributed by atoms with Gasteiger partial charge in [0.15, 0.2) is 0 Å². The van der Waals surface area contributed by atoms with Gasteiger partial charge in [-0.1, -0.05) is 60.7 Å². The molecule has 28 heavy (non-hydrogen) atoms. The van der Waals surface area contributed by atoms with Crippen LogP contribution < -0.4 is 10.9 Å². The van der Waals surface area contributed by atoms with E-state index in [1.165, 1.54) is 22.7 Å². The van der Waals surface area contributed by atoms with E-state index in [2.05, 4.69) is 0 Å². The van der Waals surface area contributed by atoms with Crippen molar-refractivity contribution in [1.29, 1.82) is 0 Å². The number of benzene rings is 4. The molecular formula is C24H12O2S2. The van der Waals surface area contributed by atoms with E-state index >= 15 is 0 Å². The van der Waals surface area contributed by atoms with Gasteiger partial charge < -0.3 is 0 Å². The summed E-state index contributed by atoms with van der Waals surface area (Å²) in [5.74, 6) is 0. The van der Waals surface area contributed by atoms with Crippen LogP contribution in [0.4, 0.5) is 0 Å². The van der Waals surface area contributed by atoms with Crippen LogP contribution in [0.5, 0.6) is 0 Å². The molecule has 2 heterocycles. The van der Waals surface area contributed by atoms with Crippen LogP contribution in [-0.4, -0.2) is 0 Å². The molecule has 0 saturated carbocycles. The Morgan fingerprint density at radius 2 is 0.893 bits per heavy atom. The van der Waals surface area contributed by atoms with Crippen LogP contribution in [0.15, 0.2) is 82.4 Å². The standard InChI is InChI=1S/C24H12O2S2/c25-21-15-9-1-5-13-7-3-11-17(19(13)15)27-23(21)24-22(26)16-10-2-6-14-8-4-12-18(28-24)20(14)16/h1-12H/b24-23-. The van der Waals surface area contributed by atoms with Crippen molar-refractivity contribution in [3.05, 3.63) is 102 Å². The lowest BCUT2D eigenvalue weighted by molar-refractivity contribution is 1.59. The highest BCUT2D eigenvalue weighted by Gasteiger charge is 2.11. The largest absolute Gasteiger partial charge is 0.288 e. The van der Waals surface area contributed by atoms with Gasteiger partial charge in [-0.05, 0) is 22.9 Å². The molecule has 0 aliphatic heterocycles. The van der Waals surface area contributed by atoms with Crippen LogP contribution in [0.3, 0.4) is 0 Å². The molecule has 0 amide bonds. The minimum atomic E-state index is -0.0586. The van der Waals surface area contributed by atoms with Gasteiger partial charge in [0.2, 0.25) is 10.9 Å². The van der Waals surface area contributed by atoms with Crippen LogP contribution in [0.2, 0.25) is 0 Å². The molecule has 0 aliphatic carbocycles. The van der Waals surface area contributed by atoms with Crippen molar-refractivity contribution in [2.75, 3.05) is 0 Å². The van der Waals surface area contributed by atoms with Crippen LogP contribution >= 0.6 is 22.7 Å². The minimum Gasteiger partial charge on any atom is -0.288 e. The van der Waals surface area contributed by atoms with E-state index in [9.17, 15) is 9.59 Å². The van der Waals surface area contributed by atoms with Crippen molar-refractivity contribution in [2.24, 2.45) is 0 Å². The molecule has 2 nitrogen and oxygen atoms in total. The Balaban J connectivity index is 1.98. The highest BCUT2D eigenvalue weighted by molar-refractivity contribution is 7.20. The summed E-state index contributed by atoms with van der Waals surface area (Å²) in [6.45, 7) is 0. The number of hydrogen-bond acceptors (Lipinski definition) is 4. The zero-order valence-electron chi connectivity index (χ0n) is 14.6. The van der Waals surface area contributed by atoms with Gasteiger partial charge in [-0.3, -0.25) is 9.59 Å². The molecule has 4 aromatic carbocycles. The van der Waals surface area contributed by atoms with E-state index < -0.39 is 0 Å². The van der Waals surface area contributed by atoms with Crippen molar-refractivity contribution in [1.82, 2.24) is 0 Å². The molecule has 0 N–H and O–H groups in total. The van der Waals surface area contributed by atoms with Crippen LogP contribution in [0, 0.1) is 9.06 Å². The summed E-state index contributed by atoms with van der Waals surface area (Å²) in [6.07, 6.45) is 0. The summed E-state index contributed by atoms with van der Waals surface area (Å²) in [6, 6.07) is 23.7. The second-order valence-electron chi connectivity index (χ2n) is 6.84. The molecule has 6 rings (SSSR count). The topological polar surface area (TPSA) is 34.1 Å². The van der Waals surface area contributed by atoms with Gasteiger partial charge in [-0.25, -0.2) is 0 Å². The summed E-state index contributed by atoms with van der Waals surface area (Å²) >= 11 is 2.84. The molecule has 0 radical (unpaired) electrons. The molecule has 0 atom stereocenters. The van der Waals surface area contributed by atoms with Gasteiger partial charge in [0, 0.05) is 30.9 Å². The van der Waals surface area contributed by atoms with Crippen LogP contribution in [-0.2, 0) is 0 Å². The second-order valence-corrected chi connectivity index (χ2v) is 8.94. The van der Waals surface area contributed by atoms with E-state index in [1.54, 1.807) is 0 Å². The Bertz CT molecular complexity index is 1620. The molecule has 0 fully saturated rings. The molecule has 2 aromatic heterocycles. The second kappa shape index (κ2) is 5.71. The first-order valence-corrected chi connectivity index (χ1v) is 10.6. The van der Waals surface area contributed by atoms with E-state index in [0.29, 0.717) is 19.8 Å². The predicted molar refractivity (Wildman–Crippen MR) is 120 cm³/mol. The maximum absolute atomic E-state index is 13.4. The Hall–Kier alpha value is -3.08. The fraction of sp³-hybridized carbons (Fsp3) is 0. The van der Waals surface area contributed by atoms with Gasteiger partial charge >= 0.3 is 0 Å². The highest BCUT2D eigenvalue weighted by atomic mass is 32.1. The lowest BCUT2D eigenvalue weighted by atomic mass is 10.1. The molecule has 0 unspecified atom stereocenters. The minimum absolute atomic E-state index is 0.0586. The number of rotatable bonds is 0. The molecule has 4 heteroatoms. The number of hydrogen-bond donors (Lipinski definition) is 0. The quantitative estimate of drug-likeness (QED) is 0.322. The Kier molecular flexibility index (Phi) is 3.25. The van der Waals surface area contributed by atoms with Crippen molar-refractivity contribution >= 4 is 64.4 Å². The lowest BCUT2D eigenvalue weighted by Crippen LogP contribution is -2.08. The summed E-state index contributed by atoms with van der Waals surface area (Å²) in [5.41, 5.74) is -0.117. The molecule has 0 saturated heterocycles. The van der Waals surface area contributed by atoms with Crippen molar-refractivity contribution < 1.29 is 0 Å². The first-order valence-electron chi connectivity index (χ1n) is 8.95. The fourth-order valence-electron chi connectivity index (χ4n) is 4.02. The van der Waals surface area contributed by atoms with E-state index in [-0.39, 0.29) is 10.9 Å². The highest BCUT2D eigenvalue weighted by Crippen LogP contribution is 2.30. The van der Waals surface area contributed by atoms with Crippen LogP contribution in [0.1, 0.15) is 0 Å². The van der Waals surface area contributed by atoms with Gasteiger partial charge in [-0.2, -0.15) is 0 Å². The van der Waals surface area contributed by atoms with E-state index in [4.69, 9.17) is 0 Å².